The number of carboxylic acids is 1. The normalized spacial score (nSPS) is 27.5. The first-order valence-electron chi connectivity index (χ1n) is 8.57. The number of aromatic carboxylic acids is 1. The summed E-state index contributed by atoms with van der Waals surface area (Å²) in [7, 11) is 0. The second-order valence-electron chi connectivity index (χ2n) is 7.26. The summed E-state index contributed by atoms with van der Waals surface area (Å²) in [5, 5.41) is 9.62. The van der Waals surface area contributed by atoms with E-state index in [9.17, 15) is 9.90 Å². The Morgan fingerprint density at radius 3 is 2.46 bits per heavy atom. The average molecular weight is 352 g/mol. The zero-order chi connectivity index (χ0) is 17.1. The van der Waals surface area contributed by atoms with Crippen LogP contribution in [0.5, 0.6) is 11.5 Å². The number of hydrogen-bond donors (Lipinski definition) is 1. The summed E-state index contributed by atoms with van der Waals surface area (Å²) in [5.74, 6) is -0.558. The van der Waals surface area contributed by atoms with E-state index in [0.29, 0.717) is 22.1 Å². The van der Waals surface area contributed by atoms with Gasteiger partial charge in [-0.2, -0.15) is 0 Å². The number of halogens is 1. The molecule has 1 N–H and O–H groups in total. The van der Waals surface area contributed by atoms with Crippen LogP contribution in [-0.4, -0.2) is 40.9 Å². The van der Waals surface area contributed by atoms with Gasteiger partial charge in [0.25, 0.3) is 5.79 Å². The number of carbonyl (C=O) groups is 1. The van der Waals surface area contributed by atoms with Gasteiger partial charge < -0.3 is 19.5 Å². The van der Waals surface area contributed by atoms with Crippen LogP contribution in [0.2, 0.25) is 5.02 Å². The van der Waals surface area contributed by atoms with Crippen molar-refractivity contribution < 1.29 is 19.4 Å². The van der Waals surface area contributed by atoms with Gasteiger partial charge in [0.15, 0.2) is 11.5 Å². The summed E-state index contributed by atoms with van der Waals surface area (Å²) in [6.07, 6.45) is 4.69. The molecule has 1 aliphatic carbocycles. The Bertz CT molecular complexity index is 695. The maximum atomic E-state index is 11.4. The largest absolute Gasteiger partial charge is 0.478 e. The van der Waals surface area contributed by atoms with Crippen LogP contribution in [0.25, 0.3) is 0 Å². The van der Waals surface area contributed by atoms with Crippen molar-refractivity contribution in [3.8, 4) is 11.5 Å². The highest BCUT2D eigenvalue weighted by Gasteiger charge is 2.48. The molecular formula is C18H22ClNO4. The fourth-order valence-electron chi connectivity index (χ4n) is 3.96. The summed E-state index contributed by atoms with van der Waals surface area (Å²) in [6, 6.07) is 2.24. The monoisotopic (exact) mass is 351 g/mol. The van der Waals surface area contributed by atoms with Crippen molar-refractivity contribution in [1.82, 2.24) is 4.90 Å². The van der Waals surface area contributed by atoms with Gasteiger partial charge in [-0.3, -0.25) is 0 Å². The number of nitrogens with zero attached hydrogens (tertiary/aromatic N) is 1. The van der Waals surface area contributed by atoms with Crippen molar-refractivity contribution in [2.45, 2.75) is 51.4 Å². The Morgan fingerprint density at radius 2 is 1.88 bits per heavy atom. The molecule has 1 atom stereocenters. The van der Waals surface area contributed by atoms with E-state index in [4.69, 9.17) is 21.1 Å². The quantitative estimate of drug-likeness (QED) is 0.899. The van der Waals surface area contributed by atoms with Crippen LogP contribution in [0.3, 0.4) is 0 Å². The van der Waals surface area contributed by atoms with Crippen LogP contribution in [0.4, 0.5) is 0 Å². The van der Waals surface area contributed by atoms with Crippen molar-refractivity contribution >= 4 is 17.6 Å². The average Bonchev–Trinajstić information content (AvgIpc) is 3.33. The van der Waals surface area contributed by atoms with Crippen LogP contribution in [-0.2, 0) is 0 Å². The second-order valence-corrected chi connectivity index (χ2v) is 7.66. The van der Waals surface area contributed by atoms with Crippen LogP contribution < -0.4 is 9.47 Å². The fourth-order valence-corrected chi connectivity index (χ4v) is 4.20. The number of piperidine rings is 1. The zero-order valence-corrected chi connectivity index (χ0v) is 14.7. The molecule has 0 spiro atoms. The molecule has 4 rings (SSSR count). The maximum Gasteiger partial charge on any atom is 0.336 e. The number of ether oxygens (including phenoxy) is 2. The van der Waals surface area contributed by atoms with E-state index in [1.807, 2.05) is 6.92 Å². The minimum atomic E-state index is -1.01. The summed E-state index contributed by atoms with van der Waals surface area (Å²) in [6.45, 7) is 5.83. The fraction of sp³-hybridized carbons (Fsp3) is 0.611. The van der Waals surface area contributed by atoms with E-state index in [0.717, 1.165) is 32.0 Å². The summed E-state index contributed by atoms with van der Waals surface area (Å²) < 4.78 is 12.3. The molecule has 0 radical (unpaired) electrons. The van der Waals surface area contributed by atoms with Crippen molar-refractivity contribution in [3.05, 3.63) is 22.2 Å². The SMILES string of the molecule is Cc1c(C(=O)O)cc(Cl)c2c1OC(C)(C1CCN(C3CC3)CC1)O2. The van der Waals surface area contributed by atoms with E-state index < -0.39 is 11.8 Å². The molecule has 3 aliphatic rings. The smallest absolute Gasteiger partial charge is 0.336 e. The second kappa shape index (κ2) is 5.53. The third-order valence-corrected chi connectivity index (χ3v) is 5.89. The van der Waals surface area contributed by atoms with Gasteiger partial charge in [-0.15, -0.1) is 0 Å². The molecule has 0 bridgehead atoms. The molecule has 0 amide bonds. The number of rotatable bonds is 3. The summed E-state index contributed by atoms with van der Waals surface area (Å²) >= 11 is 6.25. The molecule has 1 saturated carbocycles. The van der Waals surface area contributed by atoms with E-state index in [1.54, 1.807) is 6.92 Å². The number of benzene rings is 1. The van der Waals surface area contributed by atoms with Crippen LogP contribution in [0.1, 0.15) is 48.5 Å². The highest BCUT2D eigenvalue weighted by atomic mass is 35.5. The van der Waals surface area contributed by atoms with Gasteiger partial charge >= 0.3 is 5.97 Å². The first-order chi connectivity index (χ1) is 11.4. The van der Waals surface area contributed by atoms with Crippen molar-refractivity contribution in [2.24, 2.45) is 5.92 Å². The summed E-state index contributed by atoms with van der Waals surface area (Å²) in [5.41, 5.74) is 0.733. The van der Waals surface area contributed by atoms with Gasteiger partial charge in [0.05, 0.1) is 10.6 Å². The molecule has 5 nitrogen and oxygen atoms in total. The van der Waals surface area contributed by atoms with Crippen LogP contribution in [0, 0.1) is 12.8 Å². The van der Waals surface area contributed by atoms with Gasteiger partial charge in [0, 0.05) is 24.4 Å². The molecule has 2 aliphatic heterocycles. The zero-order valence-electron chi connectivity index (χ0n) is 14.0. The molecule has 2 fully saturated rings. The van der Waals surface area contributed by atoms with Crippen molar-refractivity contribution in [3.63, 3.8) is 0 Å². The standard InChI is InChI=1S/C18H22ClNO4/c1-10-13(17(21)22)9-14(19)16-15(10)23-18(2,24-16)11-5-7-20(8-6-11)12-3-4-12/h9,11-12H,3-8H2,1-2H3,(H,21,22). The lowest BCUT2D eigenvalue weighted by atomic mass is 9.89. The highest BCUT2D eigenvalue weighted by Crippen LogP contribution is 2.51. The molecule has 24 heavy (non-hydrogen) atoms. The maximum absolute atomic E-state index is 11.4. The van der Waals surface area contributed by atoms with Gasteiger partial charge in [0.2, 0.25) is 0 Å². The van der Waals surface area contributed by atoms with E-state index >= 15 is 0 Å². The Balaban J connectivity index is 1.57. The Hall–Kier alpha value is -1.46. The highest BCUT2D eigenvalue weighted by molar-refractivity contribution is 6.32. The molecule has 130 valence electrons. The Kier molecular flexibility index (Phi) is 3.69. The van der Waals surface area contributed by atoms with Gasteiger partial charge in [-0.1, -0.05) is 11.6 Å². The number of carboxylic acid groups (broad SMARTS) is 1. The Labute approximate surface area is 146 Å². The molecule has 6 heteroatoms. The molecule has 2 heterocycles. The first-order valence-corrected chi connectivity index (χ1v) is 8.95. The number of likely N-dealkylation sites (tertiary alicyclic amines) is 1. The summed E-state index contributed by atoms with van der Waals surface area (Å²) in [4.78, 5) is 13.9. The minimum absolute atomic E-state index is 0.162. The lowest BCUT2D eigenvalue weighted by Crippen LogP contribution is -2.49. The third-order valence-electron chi connectivity index (χ3n) is 5.61. The number of hydrogen-bond acceptors (Lipinski definition) is 4. The lowest BCUT2D eigenvalue weighted by Gasteiger charge is -2.38. The topological polar surface area (TPSA) is 59.0 Å². The molecular weight excluding hydrogens is 330 g/mol. The molecule has 1 aromatic carbocycles. The van der Waals surface area contributed by atoms with Crippen molar-refractivity contribution in [2.75, 3.05) is 13.1 Å². The predicted octanol–water partition coefficient (Wildman–Crippen LogP) is 3.71. The van der Waals surface area contributed by atoms with Crippen molar-refractivity contribution in [1.29, 1.82) is 0 Å². The molecule has 1 aromatic rings. The number of fused-ring (bicyclic) bond motifs is 1. The van der Waals surface area contributed by atoms with E-state index in [-0.39, 0.29) is 11.5 Å². The van der Waals surface area contributed by atoms with Crippen LogP contribution >= 0.6 is 11.6 Å². The Morgan fingerprint density at radius 1 is 1.25 bits per heavy atom. The van der Waals surface area contributed by atoms with E-state index in [1.165, 1.54) is 18.9 Å². The molecule has 1 unspecified atom stereocenters. The molecule has 1 saturated heterocycles. The lowest BCUT2D eigenvalue weighted by molar-refractivity contribution is -0.125. The van der Waals surface area contributed by atoms with Crippen LogP contribution in [0.15, 0.2) is 6.07 Å². The van der Waals surface area contributed by atoms with E-state index in [2.05, 4.69) is 4.90 Å². The predicted molar refractivity (Wildman–Crippen MR) is 90.1 cm³/mol. The third kappa shape index (κ3) is 2.54. The molecule has 0 aromatic heterocycles. The van der Waals surface area contributed by atoms with Gasteiger partial charge in [-0.05, 0) is 51.8 Å². The first kappa shape index (κ1) is 16.0. The van der Waals surface area contributed by atoms with Gasteiger partial charge in [-0.25, -0.2) is 4.79 Å². The minimum Gasteiger partial charge on any atom is -0.478 e. The van der Waals surface area contributed by atoms with Gasteiger partial charge in [0.1, 0.15) is 0 Å².